The Morgan fingerprint density at radius 2 is 2.04 bits per heavy atom. The van der Waals surface area contributed by atoms with Crippen LogP contribution < -0.4 is 4.74 Å². The maximum Gasteiger partial charge on any atom is 0.270 e. The Labute approximate surface area is 142 Å². The molecule has 0 aliphatic rings. The van der Waals surface area contributed by atoms with Gasteiger partial charge in [0, 0.05) is 17.1 Å². The minimum atomic E-state index is 0.231. The number of aromatic nitrogens is 4. The lowest BCUT2D eigenvalue weighted by atomic mass is 10.2. The molecule has 4 rings (SSSR count). The van der Waals surface area contributed by atoms with Gasteiger partial charge in [-0.15, -0.1) is 11.3 Å². The summed E-state index contributed by atoms with van der Waals surface area (Å²) in [4.78, 5) is 14.0. The fraction of sp³-hybridized carbons (Fsp3) is 0.176. The second kappa shape index (κ2) is 6.01. The largest absolute Gasteiger partial charge is 0.485 e. The Balaban J connectivity index is 1.58. The van der Waals surface area contributed by atoms with E-state index in [2.05, 4.69) is 20.1 Å². The predicted molar refractivity (Wildman–Crippen MR) is 91.0 cm³/mol. The Kier molecular flexibility index (Phi) is 3.70. The highest BCUT2D eigenvalue weighted by atomic mass is 32.1. The number of aryl methyl sites for hydroxylation is 2. The van der Waals surface area contributed by atoms with Gasteiger partial charge in [0.15, 0.2) is 6.61 Å². The second-order valence-corrected chi connectivity index (χ2v) is 6.21. The first-order valence-corrected chi connectivity index (χ1v) is 8.31. The third-order valence-electron chi connectivity index (χ3n) is 3.57. The molecular formula is C17H14N4O2S. The fourth-order valence-electron chi connectivity index (χ4n) is 2.44. The zero-order chi connectivity index (χ0) is 16.5. The van der Waals surface area contributed by atoms with E-state index in [1.165, 1.54) is 11.3 Å². The predicted octanol–water partition coefficient (Wildman–Crippen LogP) is 3.94. The van der Waals surface area contributed by atoms with Crippen LogP contribution in [-0.4, -0.2) is 20.1 Å². The van der Waals surface area contributed by atoms with Crippen LogP contribution in [0.5, 0.6) is 5.75 Å². The number of rotatable bonds is 4. The first-order valence-electron chi connectivity index (χ1n) is 7.43. The van der Waals surface area contributed by atoms with E-state index in [9.17, 15) is 0 Å². The van der Waals surface area contributed by atoms with E-state index >= 15 is 0 Å². The lowest BCUT2D eigenvalue weighted by Crippen LogP contribution is -1.99. The highest BCUT2D eigenvalue weighted by molar-refractivity contribution is 7.13. The molecule has 0 aliphatic carbocycles. The van der Waals surface area contributed by atoms with Crippen molar-refractivity contribution >= 4 is 22.2 Å². The average Bonchev–Trinajstić information content (AvgIpc) is 3.21. The van der Waals surface area contributed by atoms with Crippen molar-refractivity contribution in [3.05, 3.63) is 53.1 Å². The molecule has 1 aromatic carbocycles. The van der Waals surface area contributed by atoms with Gasteiger partial charge in [0.2, 0.25) is 5.82 Å². The van der Waals surface area contributed by atoms with Crippen LogP contribution >= 0.6 is 11.3 Å². The quantitative estimate of drug-likeness (QED) is 0.561. The van der Waals surface area contributed by atoms with Gasteiger partial charge in [-0.2, -0.15) is 4.98 Å². The van der Waals surface area contributed by atoms with Gasteiger partial charge in [-0.05, 0) is 26.0 Å². The number of benzene rings is 1. The van der Waals surface area contributed by atoms with Gasteiger partial charge >= 0.3 is 0 Å². The fourth-order valence-corrected chi connectivity index (χ4v) is 3.17. The molecule has 0 saturated carbocycles. The molecule has 3 heterocycles. The number of pyridine rings is 1. The minimum absolute atomic E-state index is 0.231. The number of thiazole rings is 1. The van der Waals surface area contributed by atoms with E-state index in [-0.39, 0.29) is 6.61 Å². The molecule has 0 saturated heterocycles. The molecule has 24 heavy (non-hydrogen) atoms. The summed E-state index contributed by atoms with van der Waals surface area (Å²) < 4.78 is 11.2. The van der Waals surface area contributed by atoms with Crippen molar-refractivity contribution in [2.45, 2.75) is 20.5 Å². The maximum atomic E-state index is 5.91. The summed E-state index contributed by atoms with van der Waals surface area (Å²) in [5.41, 5.74) is 4.45. The second-order valence-electron chi connectivity index (χ2n) is 5.35. The van der Waals surface area contributed by atoms with Crippen LogP contribution in [0, 0.1) is 13.8 Å². The summed E-state index contributed by atoms with van der Waals surface area (Å²) in [6, 6.07) is 9.79. The SMILES string of the molecule is Cc1cc(OCc2noc(-c3scnc3C)n2)c2ccccc2n1. The zero-order valence-electron chi connectivity index (χ0n) is 13.2. The summed E-state index contributed by atoms with van der Waals surface area (Å²) in [6.45, 7) is 4.09. The third-order valence-corrected chi connectivity index (χ3v) is 4.49. The summed E-state index contributed by atoms with van der Waals surface area (Å²) in [5, 5.41) is 4.95. The lowest BCUT2D eigenvalue weighted by molar-refractivity contribution is 0.290. The van der Waals surface area contributed by atoms with Crippen LogP contribution in [0.15, 0.2) is 40.4 Å². The summed E-state index contributed by atoms with van der Waals surface area (Å²) in [7, 11) is 0. The van der Waals surface area contributed by atoms with E-state index in [1.54, 1.807) is 5.51 Å². The minimum Gasteiger partial charge on any atom is -0.485 e. The van der Waals surface area contributed by atoms with E-state index in [4.69, 9.17) is 9.26 Å². The van der Waals surface area contributed by atoms with Gasteiger partial charge in [-0.3, -0.25) is 4.98 Å². The lowest BCUT2D eigenvalue weighted by Gasteiger charge is -2.08. The monoisotopic (exact) mass is 338 g/mol. The molecule has 0 atom stereocenters. The molecular weight excluding hydrogens is 324 g/mol. The Morgan fingerprint density at radius 3 is 2.88 bits per heavy atom. The first-order chi connectivity index (χ1) is 11.7. The molecule has 120 valence electrons. The molecule has 0 radical (unpaired) electrons. The average molecular weight is 338 g/mol. The van der Waals surface area contributed by atoms with Crippen LogP contribution in [0.2, 0.25) is 0 Å². The highest BCUT2D eigenvalue weighted by Crippen LogP contribution is 2.27. The molecule has 0 N–H and O–H groups in total. The van der Waals surface area contributed by atoms with Crippen LogP contribution in [0.1, 0.15) is 17.2 Å². The van der Waals surface area contributed by atoms with Gasteiger partial charge in [-0.25, -0.2) is 4.98 Å². The smallest absolute Gasteiger partial charge is 0.270 e. The third kappa shape index (κ3) is 2.74. The molecule has 3 aromatic heterocycles. The topological polar surface area (TPSA) is 73.9 Å². The Hall–Kier alpha value is -2.80. The number of hydrogen-bond donors (Lipinski definition) is 0. The molecule has 6 nitrogen and oxygen atoms in total. The first kappa shape index (κ1) is 14.8. The van der Waals surface area contributed by atoms with Gasteiger partial charge in [0.05, 0.1) is 16.7 Å². The number of hydrogen-bond acceptors (Lipinski definition) is 7. The van der Waals surface area contributed by atoms with Crippen molar-refractivity contribution in [1.29, 1.82) is 0 Å². The number of nitrogens with zero attached hydrogens (tertiary/aromatic N) is 4. The molecule has 0 spiro atoms. The molecule has 0 amide bonds. The van der Waals surface area contributed by atoms with Gasteiger partial charge in [-0.1, -0.05) is 17.3 Å². The molecule has 4 aromatic rings. The summed E-state index contributed by atoms with van der Waals surface area (Å²) in [6.07, 6.45) is 0. The summed E-state index contributed by atoms with van der Waals surface area (Å²) in [5.74, 6) is 1.74. The zero-order valence-corrected chi connectivity index (χ0v) is 14.0. The highest BCUT2D eigenvalue weighted by Gasteiger charge is 2.14. The maximum absolute atomic E-state index is 5.91. The normalized spacial score (nSPS) is 11.1. The molecule has 0 unspecified atom stereocenters. The van der Waals surface area contributed by atoms with Crippen molar-refractivity contribution in [3.63, 3.8) is 0 Å². The van der Waals surface area contributed by atoms with Crippen molar-refractivity contribution in [2.24, 2.45) is 0 Å². The van der Waals surface area contributed by atoms with Gasteiger partial charge in [0.1, 0.15) is 10.6 Å². The van der Waals surface area contributed by atoms with E-state index in [1.807, 2.05) is 44.2 Å². The van der Waals surface area contributed by atoms with E-state index in [0.29, 0.717) is 11.7 Å². The molecule has 7 heteroatoms. The van der Waals surface area contributed by atoms with Gasteiger partial charge in [0.25, 0.3) is 5.89 Å². The number of fused-ring (bicyclic) bond motifs is 1. The van der Waals surface area contributed by atoms with Crippen LogP contribution in [0.3, 0.4) is 0 Å². The number of ether oxygens (including phenoxy) is 1. The standard InChI is InChI=1S/C17H14N4O2S/c1-10-7-14(12-5-3-4-6-13(12)19-10)22-8-15-20-17(23-21-15)16-11(2)18-9-24-16/h3-7,9H,8H2,1-2H3. The summed E-state index contributed by atoms with van der Waals surface area (Å²) >= 11 is 1.48. The molecule has 0 fully saturated rings. The van der Waals surface area contributed by atoms with Crippen molar-refractivity contribution in [1.82, 2.24) is 20.1 Å². The molecule has 0 bridgehead atoms. The van der Waals surface area contributed by atoms with E-state index < -0.39 is 0 Å². The van der Waals surface area contributed by atoms with Crippen molar-refractivity contribution in [2.75, 3.05) is 0 Å². The van der Waals surface area contributed by atoms with Crippen LogP contribution in [0.25, 0.3) is 21.7 Å². The number of para-hydroxylation sites is 1. The van der Waals surface area contributed by atoms with E-state index in [0.717, 1.165) is 32.9 Å². The molecule has 0 aliphatic heterocycles. The van der Waals surface area contributed by atoms with Crippen molar-refractivity contribution in [3.8, 4) is 16.5 Å². The van der Waals surface area contributed by atoms with Crippen LogP contribution in [0.4, 0.5) is 0 Å². The Morgan fingerprint density at radius 1 is 1.17 bits per heavy atom. The van der Waals surface area contributed by atoms with Crippen molar-refractivity contribution < 1.29 is 9.26 Å². The van der Waals surface area contributed by atoms with Gasteiger partial charge < -0.3 is 9.26 Å². The Bertz CT molecular complexity index is 1010. The van der Waals surface area contributed by atoms with Crippen LogP contribution in [-0.2, 0) is 6.61 Å².